The lowest BCUT2D eigenvalue weighted by Gasteiger charge is -2.27. The normalized spacial score (nSPS) is 15.6. The summed E-state index contributed by atoms with van der Waals surface area (Å²) >= 11 is 0. The molecular formula is C23H29ClN4O. The molecule has 1 aliphatic heterocycles. The average molecular weight is 413 g/mol. The maximum Gasteiger partial charge on any atom is 0.220 e. The molecule has 2 heterocycles. The molecule has 1 unspecified atom stereocenters. The topological polar surface area (TPSA) is 69.8 Å². The first kappa shape index (κ1) is 21.3. The molecule has 154 valence electrons. The first-order chi connectivity index (χ1) is 13.7. The monoisotopic (exact) mass is 412 g/mol. The van der Waals surface area contributed by atoms with Gasteiger partial charge in [0.05, 0.1) is 11.0 Å². The molecule has 29 heavy (non-hydrogen) atoms. The van der Waals surface area contributed by atoms with Gasteiger partial charge in [0.2, 0.25) is 5.91 Å². The van der Waals surface area contributed by atoms with Crippen molar-refractivity contribution in [1.29, 1.82) is 0 Å². The molecule has 4 rings (SSSR count). The summed E-state index contributed by atoms with van der Waals surface area (Å²) in [7, 11) is 0. The van der Waals surface area contributed by atoms with E-state index in [2.05, 4.69) is 51.8 Å². The van der Waals surface area contributed by atoms with Gasteiger partial charge in [-0.05, 0) is 55.5 Å². The van der Waals surface area contributed by atoms with Crippen LogP contribution in [0.5, 0.6) is 0 Å². The summed E-state index contributed by atoms with van der Waals surface area (Å²) in [6.07, 6.45) is 2.97. The Morgan fingerprint density at radius 2 is 1.86 bits per heavy atom. The molecule has 3 N–H and O–H groups in total. The molecule has 0 radical (unpaired) electrons. The number of carbonyl (C=O) groups excluding carboxylic acids is 1. The van der Waals surface area contributed by atoms with E-state index in [1.165, 1.54) is 12.8 Å². The van der Waals surface area contributed by atoms with Crippen molar-refractivity contribution in [2.24, 2.45) is 11.8 Å². The van der Waals surface area contributed by atoms with E-state index in [1.807, 2.05) is 24.3 Å². The van der Waals surface area contributed by atoms with Crippen LogP contribution in [0, 0.1) is 11.8 Å². The SMILES string of the molecule is CC(CC(=O)NCc1ccc(-c2nc3ccccc3[nH]2)cc1)C1CCNCC1.Cl. The smallest absolute Gasteiger partial charge is 0.220 e. The van der Waals surface area contributed by atoms with Gasteiger partial charge in [-0.3, -0.25) is 4.79 Å². The van der Waals surface area contributed by atoms with Crippen LogP contribution < -0.4 is 10.6 Å². The standard InChI is InChI=1S/C23H28N4O.ClH/c1-16(18-10-12-24-13-11-18)14-22(28)25-15-17-6-8-19(9-7-17)23-26-20-4-2-3-5-21(20)27-23;/h2-9,16,18,24H,10-15H2,1H3,(H,25,28)(H,26,27);1H. The number of hydrogen-bond acceptors (Lipinski definition) is 3. The molecule has 1 atom stereocenters. The predicted octanol–water partition coefficient (Wildman–Crippen LogP) is 4.29. The van der Waals surface area contributed by atoms with E-state index in [9.17, 15) is 4.79 Å². The van der Waals surface area contributed by atoms with Crippen molar-refractivity contribution in [2.75, 3.05) is 13.1 Å². The number of imidazole rings is 1. The number of carbonyl (C=O) groups is 1. The minimum Gasteiger partial charge on any atom is -0.352 e. The van der Waals surface area contributed by atoms with E-state index < -0.39 is 0 Å². The number of fused-ring (bicyclic) bond motifs is 1. The molecule has 1 aliphatic rings. The van der Waals surface area contributed by atoms with Crippen LogP contribution in [0.25, 0.3) is 22.4 Å². The van der Waals surface area contributed by atoms with E-state index >= 15 is 0 Å². The lowest BCUT2D eigenvalue weighted by atomic mass is 9.84. The number of H-pyrrole nitrogens is 1. The molecule has 2 aromatic carbocycles. The Morgan fingerprint density at radius 1 is 1.14 bits per heavy atom. The molecule has 1 fully saturated rings. The summed E-state index contributed by atoms with van der Waals surface area (Å²) < 4.78 is 0. The molecule has 1 amide bonds. The first-order valence-corrected chi connectivity index (χ1v) is 10.2. The van der Waals surface area contributed by atoms with Crippen LogP contribution in [-0.4, -0.2) is 29.0 Å². The Bertz CT molecular complexity index is 898. The molecule has 1 aromatic heterocycles. The van der Waals surface area contributed by atoms with Crippen LogP contribution >= 0.6 is 12.4 Å². The van der Waals surface area contributed by atoms with Crippen molar-refractivity contribution >= 4 is 29.3 Å². The number of halogens is 1. The zero-order valence-corrected chi connectivity index (χ0v) is 17.6. The fraction of sp³-hybridized carbons (Fsp3) is 0.391. The predicted molar refractivity (Wildman–Crippen MR) is 120 cm³/mol. The maximum atomic E-state index is 12.3. The number of aromatic nitrogens is 2. The van der Waals surface area contributed by atoms with Gasteiger partial charge in [-0.15, -0.1) is 12.4 Å². The largest absolute Gasteiger partial charge is 0.352 e. The molecular weight excluding hydrogens is 384 g/mol. The molecule has 3 aromatic rings. The van der Waals surface area contributed by atoms with Gasteiger partial charge in [-0.25, -0.2) is 4.98 Å². The quantitative estimate of drug-likeness (QED) is 0.565. The summed E-state index contributed by atoms with van der Waals surface area (Å²) in [5.74, 6) is 2.12. The highest BCUT2D eigenvalue weighted by atomic mass is 35.5. The fourth-order valence-electron chi connectivity index (χ4n) is 4.02. The van der Waals surface area contributed by atoms with Crippen molar-refractivity contribution in [3.05, 3.63) is 54.1 Å². The van der Waals surface area contributed by atoms with Gasteiger partial charge in [0.25, 0.3) is 0 Å². The van der Waals surface area contributed by atoms with Crippen molar-refractivity contribution in [1.82, 2.24) is 20.6 Å². The van der Waals surface area contributed by atoms with Crippen molar-refractivity contribution in [3.8, 4) is 11.4 Å². The van der Waals surface area contributed by atoms with E-state index in [0.717, 1.165) is 41.1 Å². The number of para-hydroxylation sites is 2. The second-order valence-electron chi connectivity index (χ2n) is 7.85. The summed E-state index contributed by atoms with van der Waals surface area (Å²) in [5.41, 5.74) is 4.15. The molecule has 6 heteroatoms. The fourth-order valence-corrected chi connectivity index (χ4v) is 4.02. The minimum atomic E-state index is 0. The second-order valence-corrected chi connectivity index (χ2v) is 7.85. The number of benzene rings is 2. The highest BCUT2D eigenvalue weighted by molar-refractivity contribution is 5.85. The van der Waals surface area contributed by atoms with Gasteiger partial charge in [-0.1, -0.05) is 43.3 Å². The second kappa shape index (κ2) is 9.90. The van der Waals surface area contributed by atoms with Crippen molar-refractivity contribution in [2.45, 2.75) is 32.7 Å². The molecule has 0 spiro atoms. The van der Waals surface area contributed by atoms with E-state index in [0.29, 0.717) is 24.8 Å². The van der Waals surface area contributed by atoms with E-state index in [-0.39, 0.29) is 18.3 Å². The van der Waals surface area contributed by atoms with Gasteiger partial charge in [0.15, 0.2) is 0 Å². The average Bonchev–Trinajstić information content (AvgIpc) is 3.17. The van der Waals surface area contributed by atoms with Crippen molar-refractivity contribution in [3.63, 3.8) is 0 Å². The molecule has 0 bridgehead atoms. The van der Waals surface area contributed by atoms with Gasteiger partial charge in [0.1, 0.15) is 5.82 Å². The van der Waals surface area contributed by atoms with Crippen molar-refractivity contribution < 1.29 is 4.79 Å². The van der Waals surface area contributed by atoms with Crippen LogP contribution in [0.1, 0.15) is 31.7 Å². The van der Waals surface area contributed by atoms with Gasteiger partial charge >= 0.3 is 0 Å². The summed E-state index contributed by atoms with van der Waals surface area (Å²) in [6.45, 7) is 4.93. The number of piperidine rings is 1. The lowest BCUT2D eigenvalue weighted by molar-refractivity contribution is -0.122. The number of amides is 1. The molecule has 5 nitrogen and oxygen atoms in total. The highest BCUT2D eigenvalue weighted by Gasteiger charge is 2.21. The molecule has 0 aliphatic carbocycles. The number of nitrogens with zero attached hydrogens (tertiary/aromatic N) is 1. The van der Waals surface area contributed by atoms with Crippen LogP contribution in [0.2, 0.25) is 0 Å². The van der Waals surface area contributed by atoms with Gasteiger partial charge in [-0.2, -0.15) is 0 Å². The van der Waals surface area contributed by atoms with Gasteiger partial charge < -0.3 is 15.6 Å². The molecule has 0 saturated carbocycles. The van der Waals surface area contributed by atoms with E-state index in [1.54, 1.807) is 0 Å². The zero-order chi connectivity index (χ0) is 19.3. The Morgan fingerprint density at radius 3 is 2.59 bits per heavy atom. The van der Waals surface area contributed by atoms with Crippen LogP contribution in [0.4, 0.5) is 0 Å². The Balaban J connectivity index is 0.00000240. The third-order valence-electron chi connectivity index (χ3n) is 5.80. The Labute approximate surface area is 178 Å². The molecule has 1 saturated heterocycles. The van der Waals surface area contributed by atoms with Crippen LogP contribution in [-0.2, 0) is 11.3 Å². The third kappa shape index (κ3) is 5.37. The van der Waals surface area contributed by atoms with Crippen LogP contribution in [0.15, 0.2) is 48.5 Å². The minimum absolute atomic E-state index is 0. The van der Waals surface area contributed by atoms with Crippen LogP contribution in [0.3, 0.4) is 0 Å². The van der Waals surface area contributed by atoms with E-state index in [4.69, 9.17) is 0 Å². The highest BCUT2D eigenvalue weighted by Crippen LogP contribution is 2.24. The summed E-state index contributed by atoms with van der Waals surface area (Å²) in [4.78, 5) is 20.3. The number of rotatable bonds is 6. The number of aromatic amines is 1. The zero-order valence-electron chi connectivity index (χ0n) is 16.8. The summed E-state index contributed by atoms with van der Waals surface area (Å²) in [6, 6.07) is 16.2. The maximum absolute atomic E-state index is 12.3. The Kier molecular flexibility index (Phi) is 7.29. The Hall–Kier alpha value is -2.37. The third-order valence-corrected chi connectivity index (χ3v) is 5.80. The first-order valence-electron chi connectivity index (χ1n) is 10.2. The summed E-state index contributed by atoms with van der Waals surface area (Å²) in [5, 5.41) is 6.46. The van der Waals surface area contributed by atoms with Gasteiger partial charge in [0, 0.05) is 18.5 Å². The number of nitrogens with one attached hydrogen (secondary N) is 3. The number of hydrogen-bond donors (Lipinski definition) is 3. The lowest BCUT2D eigenvalue weighted by Crippen LogP contribution is -2.33.